The lowest BCUT2D eigenvalue weighted by atomic mass is 9.76. The van der Waals surface area contributed by atoms with E-state index in [0.717, 1.165) is 31.0 Å². The van der Waals surface area contributed by atoms with Gasteiger partial charge in [-0.1, -0.05) is 25.8 Å². The summed E-state index contributed by atoms with van der Waals surface area (Å²) in [6, 6.07) is 0. The normalized spacial score (nSPS) is 45.2. The lowest BCUT2D eigenvalue weighted by Gasteiger charge is -2.40. The molecule has 3 rings (SSSR count). The Hall–Kier alpha value is -0.340. The Morgan fingerprint density at radius 1 is 0.762 bits per heavy atom. The zero-order valence-electron chi connectivity index (χ0n) is 13.6. The topological polar surface area (TPSA) is 18.5 Å². The predicted molar refractivity (Wildman–Crippen MR) is 85.9 cm³/mol. The van der Waals surface area contributed by atoms with Crippen molar-refractivity contribution >= 4 is 0 Å². The second-order valence-electron chi connectivity index (χ2n) is 7.73. The van der Waals surface area contributed by atoms with Gasteiger partial charge < -0.3 is 9.47 Å². The van der Waals surface area contributed by atoms with Crippen LogP contribution in [0.15, 0.2) is 12.7 Å². The summed E-state index contributed by atoms with van der Waals surface area (Å²) in [6.07, 6.45) is 12.8. The molecule has 2 nitrogen and oxygen atoms in total. The minimum atomic E-state index is 0.0956. The maximum atomic E-state index is 6.13. The van der Waals surface area contributed by atoms with Gasteiger partial charge in [-0.2, -0.15) is 0 Å². The van der Waals surface area contributed by atoms with Crippen LogP contribution in [0.25, 0.3) is 0 Å². The summed E-state index contributed by atoms with van der Waals surface area (Å²) in [5.74, 6) is 3.75. The highest BCUT2D eigenvalue weighted by Crippen LogP contribution is 2.38. The van der Waals surface area contributed by atoms with Gasteiger partial charge in [0.05, 0.1) is 13.2 Å². The van der Waals surface area contributed by atoms with Crippen molar-refractivity contribution < 1.29 is 9.47 Å². The van der Waals surface area contributed by atoms with Crippen LogP contribution >= 0.6 is 0 Å². The number of allylic oxidation sites excluding steroid dienone is 1. The molecule has 0 aromatic rings. The van der Waals surface area contributed by atoms with Crippen LogP contribution in [0.4, 0.5) is 0 Å². The average Bonchev–Trinajstić information content (AvgIpc) is 2.56. The number of ether oxygens (including phenoxy) is 2. The van der Waals surface area contributed by atoms with E-state index in [4.69, 9.17) is 9.47 Å². The summed E-state index contributed by atoms with van der Waals surface area (Å²) in [6.45, 7) is 8.17. The van der Waals surface area contributed by atoms with Crippen molar-refractivity contribution in [2.75, 3.05) is 13.2 Å². The molecule has 120 valence electrons. The van der Waals surface area contributed by atoms with Crippen LogP contribution in [0.5, 0.6) is 0 Å². The fourth-order valence-electron chi connectivity index (χ4n) is 4.49. The van der Waals surface area contributed by atoms with Gasteiger partial charge in [-0.15, -0.1) is 6.58 Å². The van der Waals surface area contributed by atoms with Gasteiger partial charge >= 0.3 is 0 Å². The molecule has 21 heavy (non-hydrogen) atoms. The lowest BCUT2D eigenvalue weighted by molar-refractivity contribution is -0.236. The molecule has 2 saturated carbocycles. The molecule has 1 aliphatic heterocycles. The minimum absolute atomic E-state index is 0.0956. The molecule has 0 bridgehead atoms. The summed E-state index contributed by atoms with van der Waals surface area (Å²) in [4.78, 5) is 0. The Morgan fingerprint density at radius 2 is 1.33 bits per heavy atom. The molecule has 0 unspecified atom stereocenters. The van der Waals surface area contributed by atoms with E-state index in [1.165, 1.54) is 51.4 Å². The predicted octanol–water partition coefficient (Wildman–Crippen LogP) is 4.79. The van der Waals surface area contributed by atoms with Crippen molar-refractivity contribution in [1.29, 1.82) is 0 Å². The van der Waals surface area contributed by atoms with Crippen molar-refractivity contribution in [2.45, 2.75) is 64.6 Å². The molecule has 0 radical (unpaired) electrons. The first-order valence-corrected chi connectivity index (χ1v) is 9.12. The molecule has 3 aliphatic rings. The van der Waals surface area contributed by atoms with Crippen molar-refractivity contribution in [3.05, 3.63) is 12.7 Å². The highest BCUT2D eigenvalue weighted by molar-refractivity contribution is 4.87. The molecule has 3 fully saturated rings. The lowest BCUT2D eigenvalue weighted by Crippen LogP contribution is -2.41. The summed E-state index contributed by atoms with van der Waals surface area (Å²) >= 11 is 0. The largest absolute Gasteiger partial charge is 0.352 e. The van der Waals surface area contributed by atoms with Crippen LogP contribution in [0.3, 0.4) is 0 Å². The molecule has 0 amide bonds. The van der Waals surface area contributed by atoms with Crippen LogP contribution in [-0.2, 0) is 9.47 Å². The highest BCUT2D eigenvalue weighted by Gasteiger charge is 2.35. The molecule has 1 heterocycles. The minimum Gasteiger partial charge on any atom is -0.352 e. The Labute approximate surface area is 130 Å². The van der Waals surface area contributed by atoms with Crippen LogP contribution < -0.4 is 0 Å². The van der Waals surface area contributed by atoms with Crippen molar-refractivity contribution in [3.8, 4) is 0 Å². The average molecular weight is 292 g/mol. The number of hydrogen-bond acceptors (Lipinski definition) is 2. The third kappa shape index (κ3) is 3.90. The molecule has 0 spiro atoms. The third-order valence-corrected chi connectivity index (χ3v) is 6.21. The maximum Gasteiger partial charge on any atom is 0.160 e. The van der Waals surface area contributed by atoms with Crippen LogP contribution in [0.1, 0.15) is 58.3 Å². The van der Waals surface area contributed by atoms with Gasteiger partial charge in [-0.25, -0.2) is 0 Å². The third-order valence-electron chi connectivity index (χ3n) is 6.21. The smallest absolute Gasteiger partial charge is 0.160 e. The summed E-state index contributed by atoms with van der Waals surface area (Å²) in [5, 5.41) is 0. The highest BCUT2D eigenvalue weighted by atomic mass is 16.7. The quantitative estimate of drug-likeness (QED) is 0.696. The standard InChI is InChI=1S/C19H32O2/c1-3-15-6-10-16(11-7-15)18-12-20-19(21-13-18)17-8-4-14(2)5-9-17/h3,14-19H,1,4-13H2,2H3. The van der Waals surface area contributed by atoms with E-state index < -0.39 is 0 Å². The van der Waals surface area contributed by atoms with Gasteiger partial charge in [0.15, 0.2) is 6.29 Å². The molecular formula is C19H32O2. The molecule has 2 aliphatic carbocycles. The SMILES string of the molecule is C=CC1CCC(C2COC(C3CCC(C)CC3)OC2)CC1. The van der Waals surface area contributed by atoms with Crippen LogP contribution in [0.2, 0.25) is 0 Å². The zero-order chi connectivity index (χ0) is 14.7. The van der Waals surface area contributed by atoms with Gasteiger partial charge in [-0.05, 0) is 56.3 Å². The fourth-order valence-corrected chi connectivity index (χ4v) is 4.49. The molecule has 0 aromatic carbocycles. The van der Waals surface area contributed by atoms with E-state index in [9.17, 15) is 0 Å². The molecule has 0 atom stereocenters. The first-order valence-electron chi connectivity index (χ1n) is 9.12. The Morgan fingerprint density at radius 3 is 1.90 bits per heavy atom. The van der Waals surface area contributed by atoms with Gasteiger partial charge in [0.2, 0.25) is 0 Å². The second kappa shape index (κ2) is 7.28. The summed E-state index contributed by atoms with van der Waals surface area (Å²) in [5.41, 5.74) is 0. The number of rotatable bonds is 3. The first kappa shape index (κ1) is 15.6. The molecule has 0 aromatic heterocycles. The monoisotopic (exact) mass is 292 g/mol. The number of hydrogen-bond donors (Lipinski definition) is 0. The molecule has 1 saturated heterocycles. The Balaban J connectivity index is 1.42. The Kier molecular flexibility index (Phi) is 5.39. The van der Waals surface area contributed by atoms with Gasteiger partial charge in [-0.3, -0.25) is 0 Å². The van der Waals surface area contributed by atoms with Crippen molar-refractivity contribution in [2.24, 2.45) is 29.6 Å². The van der Waals surface area contributed by atoms with Crippen LogP contribution in [-0.4, -0.2) is 19.5 Å². The van der Waals surface area contributed by atoms with Gasteiger partial charge in [0.1, 0.15) is 0 Å². The summed E-state index contributed by atoms with van der Waals surface area (Å²) < 4.78 is 12.3. The van der Waals surface area contributed by atoms with E-state index in [-0.39, 0.29) is 6.29 Å². The van der Waals surface area contributed by atoms with Gasteiger partial charge in [0, 0.05) is 11.8 Å². The van der Waals surface area contributed by atoms with E-state index >= 15 is 0 Å². The van der Waals surface area contributed by atoms with E-state index in [0.29, 0.717) is 11.8 Å². The van der Waals surface area contributed by atoms with Crippen LogP contribution in [0, 0.1) is 29.6 Å². The second-order valence-corrected chi connectivity index (χ2v) is 7.73. The molecule has 2 heteroatoms. The summed E-state index contributed by atoms with van der Waals surface area (Å²) in [7, 11) is 0. The first-order chi connectivity index (χ1) is 10.3. The maximum absolute atomic E-state index is 6.13. The Bertz CT molecular complexity index is 316. The van der Waals surface area contributed by atoms with E-state index in [1.807, 2.05) is 0 Å². The van der Waals surface area contributed by atoms with E-state index in [2.05, 4.69) is 19.6 Å². The van der Waals surface area contributed by atoms with Gasteiger partial charge in [0.25, 0.3) is 0 Å². The van der Waals surface area contributed by atoms with Crippen molar-refractivity contribution in [3.63, 3.8) is 0 Å². The molecule has 0 N–H and O–H groups in total. The van der Waals surface area contributed by atoms with E-state index in [1.54, 1.807) is 0 Å². The molecular weight excluding hydrogens is 260 g/mol. The van der Waals surface area contributed by atoms with Crippen molar-refractivity contribution in [1.82, 2.24) is 0 Å². The zero-order valence-corrected chi connectivity index (χ0v) is 13.6. The fraction of sp³-hybridized carbons (Fsp3) is 0.895.